The largest absolute Gasteiger partial charge is 0.491 e. The van der Waals surface area contributed by atoms with E-state index in [-0.39, 0.29) is 11.7 Å². The van der Waals surface area contributed by atoms with Crippen LogP contribution in [0.4, 0.5) is 0 Å². The van der Waals surface area contributed by atoms with Crippen LogP contribution < -0.4 is 10.1 Å². The predicted octanol–water partition coefficient (Wildman–Crippen LogP) is 4.26. The zero-order valence-electron chi connectivity index (χ0n) is 16.5. The van der Waals surface area contributed by atoms with Crippen molar-refractivity contribution in [2.24, 2.45) is 0 Å². The number of aryl methyl sites for hydroxylation is 2. The van der Waals surface area contributed by atoms with Gasteiger partial charge in [0.1, 0.15) is 18.2 Å². The van der Waals surface area contributed by atoms with Crippen molar-refractivity contribution < 1.29 is 13.9 Å². The normalized spacial score (nSPS) is 11.0. The molecule has 0 bridgehead atoms. The average molecular weight is 389 g/mol. The summed E-state index contributed by atoms with van der Waals surface area (Å²) >= 11 is 0. The van der Waals surface area contributed by atoms with Crippen molar-refractivity contribution in [3.8, 4) is 5.75 Å². The molecule has 1 N–H and O–H groups in total. The summed E-state index contributed by atoms with van der Waals surface area (Å²) in [7, 11) is 0. The third kappa shape index (κ3) is 4.01. The lowest BCUT2D eigenvalue weighted by atomic mass is 10.1. The van der Waals surface area contributed by atoms with Gasteiger partial charge in [0.25, 0.3) is 5.91 Å². The molecular formula is C23H23N3O3. The lowest BCUT2D eigenvalue weighted by Gasteiger charge is -2.14. The Labute approximate surface area is 169 Å². The Hall–Kier alpha value is -3.54. The van der Waals surface area contributed by atoms with Crippen LogP contribution in [0.1, 0.15) is 27.5 Å². The monoisotopic (exact) mass is 389 g/mol. The van der Waals surface area contributed by atoms with Crippen LogP contribution in [-0.4, -0.2) is 22.1 Å². The van der Waals surface area contributed by atoms with Crippen molar-refractivity contribution in [2.45, 2.75) is 26.9 Å². The molecule has 2 aromatic carbocycles. The molecule has 0 aliphatic carbocycles. The van der Waals surface area contributed by atoms with Gasteiger partial charge in [-0.1, -0.05) is 30.3 Å². The summed E-state index contributed by atoms with van der Waals surface area (Å²) in [6, 6.07) is 17.4. The van der Waals surface area contributed by atoms with Gasteiger partial charge in [-0.05, 0) is 49.2 Å². The van der Waals surface area contributed by atoms with Gasteiger partial charge >= 0.3 is 0 Å². The maximum atomic E-state index is 12.2. The van der Waals surface area contributed by atoms with E-state index < -0.39 is 0 Å². The Morgan fingerprint density at radius 1 is 1.07 bits per heavy atom. The number of nitrogens with zero attached hydrogens (tertiary/aromatic N) is 2. The Morgan fingerprint density at radius 3 is 2.62 bits per heavy atom. The second-order valence-electron chi connectivity index (χ2n) is 6.90. The van der Waals surface area contributed by atoms with Gasteiger partial charge in [-0.3, -0.25) is 4.79 Å². The number of para-hydroxylation sites is 3. The first-order valence-corrected chi connectivity index (χ1v) is 9.58. The van der Waals surface area contributed by atoms with Gasteiger partial charge in [-0.2, -0.15) is 0 Å². The summed E-state index contributed by atoms with van der Waals surface area (Å²) in [5.41, 5.74) is 4.14. The molecule has 0 radical (unpaired) electrons. The first kappa shape index (κ1) is 18.8. The van der Waals surface area contributed by atoms with Gasteiger partial charge in [0, 0.05) is 0 Å². The second-order valence-corrected chi connectivity index (χ2v) is 6.90. The third-order valence-corrected chi connectivity index (χ3v) is 4.86. The fourth-order valence-corrected chi connectivity index (χ4v) is 3.43. The maximum Gasteiger partial charge on any atom is 0.287 e. The van der Waals surface area contributed by atoms with Crippen molar-refractivity contribution >= 4 is 16.9 Å². The number of imidazole rings is 1. The van der Waals surface area contributed by atoms with Crippen LogP contribution in [0.3, 0.4) is 0 Å². The molecular weight excluding hydrogens is 366 g/mol. The minimum Gasteiger partial charge on any atom is -0.491 e. The number of nitrogens with one attached hydrogen (secondary N) is 1. The fraction of sp³-hybridized carbons (Fsp3) is 0.217. The molecule has 0 saturated carbocycles. The molecule has 4 aromatic rings. The zero-order valence-corrected chi connectivity index (χ0v) is 16.5. The van der Waals surface area contributed by atoms with Crippen molar-refractivity contribution in [3.63, 3.8) is 0 Å². The SMILES string of the molecule is Cc1cccc(C)c1OCCn1c(CNC(=O)c2ccco2)nc2ccccc21. The molecule has 4 rings (SSSR count). The highest BCUT2D eigenvalue weighted by molar-refractivity contribution is 5.91. The highest BCUT2D eigenvalue weighted by Crippen LogP contribution is 2.23. The second kappa shape index (κ2) is 8.22. The zero-order chi connectivity index (χ0) is 20.2. The molecule has 0 aliphatic heterocycles. The van der Waals surface area contributed by atoms with E-state index in [9.17, 15) is 4.79 Å². The van der Waals surface area contributed by atoms with Gasteiger partial charge in [0.15, 0.2) is 5.76 Å². The highest BCUT2D eigenvalue weighted by atomic mass is 16.5. The van der Waals surface area contributed by atoms with Crippen molar-refractivity contribution in [1.82, 2.24) is 14.9 Å². The van der Waals surface area contributed by atoms with Gasteiger partial charge in [0.05, 0.1) is 30.4 Å². The van der Waals surface area contributed by atoms with Crippen molar-refractivity contribution in [3.05, 3.63) is 83.6 Å². The number of rotatable bonds is 7. The van der Waals surface area contributed by atoms with E-state index in [0.717, 1.165) is 33.7 Å². The number of fused-ring (bicyclic) bond motifs is 1. The molecule has 148 valence electrons. The van der Waals surface area contributed by atoms with E-state index in [4.69, 9.17) is 9.15 Å². The summed E-state index contributed by atoms with van der Waals surface area (Å²) in [5, 5.41) is 2.87. The van der Waals surface area contributed by atoms with Crippen LogP contribution in [0, 0.1) is 13.8 Å². The standard InChI is InChI=1S/C23H23N3O3/c1-16-7-5-8-17(2)22(16)29-14-12-26-19-10-4-3-9-18(19)25-21(26)15-24-23(27)20-11-6-13-28-20/h3-11,13H,12,14-15H2,1-2H3,(H,24,27). The molecule has 6 nitrogen and oxygen atoms in total. The van der Waals surface area contributed by atoms with E-state index in [0.29, 0.717) is 19.7 Å². The summed E-state index contributed by atoms with van der Waals surface area (Å²) in [5.74, 6) is 1.72. The molecule has 2 aromatic heterocycles. The van der Waals surface area contributed by atoms with Gasteiger partial charge in [-0.15, -0.1) is 0 Å². The summed E-state index contributed by atoms with van der Waals surface area (Å²) in [6.07, 6.45) is 1.48. The van der Waals surface area contributed by atoms with Crippen LogP contribution >= 0.6 is 0 Å². The lowest BCUT2D eigenvalue weighted by Crippen LogP contribution is -2.25. The first-order valence-electron chi connectivity index (χ1n) is 9.58. The Morgan fingerprint density at radius 2 is 1.86 bits per heavy atom. The van der Waals surface area contributed by atoms with Crippen LogP contribution in [0.15, 0.2) is 65.3 Å². The number of aromatic nitrogens is 2. The third-order valence-electron chi connectivity index (χ3n) is 4.86. The van der Waals surface area contributed by atoms with Gasteiger partial charge in [-0.25, -0.2) is 4.98 Å². The lowest BCUT2D eigenvalue weighted by molar-refractivity contribution is 0.0921. The Balaban J connectivity index is 1.51. The fourth-order valence-electron chi connectivity index (χ4n) is 3.43. The Kier molecular flexibility index (Phi) is 5.33. The number of benzene rings is 2. The highest BCUT2D eigenvalue weighted by Gasteiger charge is 2.14. The maximum absolute atomic E-state index is 12.2. The van der Waals surface area contributed by atoms with E-state index >= 15 is 0 Å². The summed E-state index contributed by atoms with van der Waals surface area (Å²) < 4.78 is 13.3. The molecule has 0 fully saturated rings. The van der Waals surface area contributed by atoms with Crippen LogP contribution in [0.25, 0.3) is 11.0 Å². The van der Waals surface area contributed by atoms with Crippen molar-refractivity contribution in [1.29, 1.82) is 0 Å². The number of hydrogen-bond donors (Lipinski definition) is 1. The summed E-state index contributed by atoms with van der Waals surface area (Å²) in [6.45, 7) is 5.53. The molecule has 2 heterocycles. The van der Waals surface area contributed by atoms with Gasteiger partial charge in [0.2, 0.25) is 0 Å². The number of hydrogen-bond acceptors (Lipinski definition) is 4. The summed E-state index contributed by atoms with van der Waals surface area (Å²) in [4.78, 5) is 16.9. The smallest absolute Gasteiger partial charge is 0.287 e. The molecule has 0 atom stereocenters. The van der Waals surface area contributed by atoms with E-state index in [1.54, 1.807) is 12.1 Å². The molecule has 6 heteroatoms. The van der Waals surface area contributed by atoms with Crippen LogP contribution in [0.2, 0.25) is 0 Å². The minimum absolute atomic E-state index is 0.264. The molecule has 0 unspecified atom stereocenters. The van der Waals surface area contributed by atoms with E-state index in [2.05, 4.69) is 14.9 Å². The van der Waals surface area contributed by atoms with Crippen LogP contribution in [0.5, 0.6) is 5.75 Å². The molecule has 0 saturated heterocycles. The number of ether oxygens (including phenoxy) is 1. The number of carbonyl (C=O) groups is 1. The van der Waals surface area contributed by atoms with Gasteiger partial charge < -0.3 is 19.0 Å². The van der Waals surface area contributed by atoms with E-state index in [1.165, 1.54) is 6.26 Å². The minimum atomic E-state index is -0.264. The topological polar surface area (TPSA) is 69.3 Å². The van der Waals surface area contributed by atoms with E-state index in [1.807, 2.05) is 56.3 Å². The molecule has 0 spiro atoms. The predicted molar refractivity (Wildman–Crippen MR) is 111 cm³/mol. The average Bonchev–Trinajstić information content (AvgIpc) is 3.37. The molecule has 1 amide bonds. The number of carbonyl (C=O) groups excluding carboxylic acids is 1. The number of amides is 1. The quantitative estimate of drug-likeness (QED) is 0.513. The molecule has 29 heavy (non-hydrogen) atoms. The van der Waals surface area contributed by atoms with Crippen molar-refractivity contribution in [2.75, 3.05) is 6.61 Å². The molecule has 0 aliphatic rings. The first-order chi connectivity index (χ1) is 14.1. The van der Waals surface area contributed by atoms with Crippen LogP contribution in [-0.2, 0) is 13.1 Å². The number of furan rings is 1. The Bertz CT molecular complexity index is 1110.